The quantitative estimate of drug-likeness (QED) is 0.544. The summed E-state index contributed by atoms with van der Waals surface area (Å²) in [7, 11) is 0. The molecule has 152 valence electrons. The van der Waals surface area contributed by atoms with Gasteiger partial charge in [-0.2, -0.15) is 23.4 Å². The highest BCUT2D eigenvalue weighted by Crippen LogP contribution is 2.27. The van der Waals surface area contributed by atoms with Crippen molar-refractivity contribution in [2.45, 2.75) is 25.7 Å². The lowest BCUT2D eigenvalue weighted by Gasteiger charge is -2.13. The predicted octanol–water partition coefficient (Wildman–Crippen LogP) is 0.290. The van der Waals surface area contributed by atoms with Crippen molar-refractivity contribution in [1.82, 2.24) is 30.2 Å². The molecule has 2 rings (SSSR count). The minimum absolute atomic E-state index is 0.0458. The maximum atomic E-state index is 12.4. The molecule has 0 aromatic carbocycles. The smallest absolute Gasteiger partial charge is 0.435 e. The number of carboxylic acid groups (broad SMARTS) is 1. The number of halogens is 3. The van der Waals surface area contributed by atoms with Crippen LogP contribution in [0.3, 0.4) is 0 Å². The van der Waals surface area contributed by atoms with Gasteiger partial charge in [0.05, 0.1) is 11.8 Å². The number of hydrogen-bond donors (Lipinski definition) is 3. The molecular weight excluding hydrogens is 385 g/mol. The molecule has 0 saturated heterocycles. The molecule has 2 aromatic rings. The summed E-state index contributed by atoms with van der Waals surface area (Å²) in [4.78, 5) is 34.5. The van der Waals surface area contributed by atoms with Crippen molar-refractivity contribution < 1.29 is 32.7 Å². The molecule has 0 saturated carbocycles. The number of nitrogens with zero attached hydrogens (tertiary/aromatic N) is 4. The molecule has 0 aliphatic rings. The van der Waals surface area contributed by atoms with Crippen LogP contribution < -0.4 is 10.6 Å². The Hall–Kier alpha value is -3.38. The largest absolute Gasteiger partial charge is 0.478 e. The minimum Gasteiger partial charge on any atom is -0.478 e. The van der Waals surface area contributed by atoms with E-state index in [0.29, 0.717) is 0 Å². The van der Waals surface area contributed by atoms with Crippen LogP contribution in [-0.4, -0.2) is 55.5 Å². The van der Waals surface area contributed by atoms with Crippen molar-refractivity contribution in [3.63, 3.8) is 0 Å². The first-order valence-corrected chi connectivity index (χ1v) is 8.00. The molecule has 0 aliphatic heterocycles. The summed E-state index contributed by atoms with van der Waals surface area (Å²) in [6, 6.07) is -0.00592. The Balaban J connectivity index is 1.72. The van der Waals surface area contributed by atoms with Gasteiger partial charge in [-0.1, -0.05) is 0 Å². The van der Waals surface area contributed by atoms with Crippen LogP contribution in [0.2, 0.25) is 0 Å². The summed E-state index contributed by atoms with van der Waals surface area (Å²) in [5.74, 6) is -2.19. The number of aromatic nitrogens is 4. The van der Waals surface area contributed by atoms with E-state index in [-0.39, 0.29) is 18.7 Å². The first-order valence-electron chi connectivity index (χ1n) is 8.00. The van der Waals surface area contributed by atoms with Crippen LogP contribution >= 0.6 is 0 Å². The molecule has 13 heteroatoms. The molecule has 1 unspecified atom stereocenters. The molecule has 10 nitrogen and oxygen atoms in total. The van der Waals surface area contributed by atoms with Crippen molar-refractivity contribution >= 4 is 17.8 Å². The molecule has 2 amide bonds. The monoisotopic (exact) mass is 402 g/mol. The third-order valence-corrected chi connectivity index (χ3v) is 3.61. The second-order valence-corrected chi connectivity index (χ2v) is 5.73. The summed E-state index contributed by atoms with van der Waals surface area (Å²) in [6.45, 7) is 1.23. The Morgan fingerprint density at radius 1 is 1.25 bits per heavy atom. The average Bonchev–Trinajstić information content (AvgIpc) is 3.27. The number of amides is 2. The number of carboxylic acids is 1. The summed E-state index contributed by atoms with van der Waals surface area (Å²) in [5.41, 5.74) is -1.15. The molecule has 0 bridgehead atoms. The van der Waals surface area contributed by atoms with Crippen LogP contribution in [0.4, 0.5) is 13.2 Å². The fourth-order valence-electron chi connectivity index (χ4n) is 2.12. The van der Waals surface area contributed by atoms with Gasteiger partial charge in [0, 0.05) is 25.5 Å². The fraction of sp³-hybridized carbons (Fsp3) is 0.400. The first kappa shape index (κ1) is 20.9. The standard InChI is InChI=1S/C15H17F3N6O4/c1-9(24-7-10(6-21-24)14(27)28)13(26)20-4-3-19-12(25)8-23-5-2-11(22-23)15(16,17)18/h2,5-7,9H,3-4,8H2,1H3,(H,19,25)(H,20,26)(H,27,28). The Morgan fingerprint density at radius 2 is 1.93 bits per heavy atom. The Bertz CT molecular complexity index is 860. The van der Waals surface area contributed by atoms with E-state index < -0.39 is 42.2 Å². The number of aromatic carboxylic acids is 1. The molecule has 0 fully saturated rings. The SMILES string of the molecule is CC(C(=O)NCCNC(=O)Cn1ccc(C(F)(F)F)n1)n1cc(C(=O)O)cn1. The minimum atomic E-state index is -4.58. The Morgan fingerprint density at radius 3 is 2.50 bits per heavy atom. The summed E-state index contributed by atoms with van der Waals surface area (Å²) in [6.07, 6.45) is -1.21. The maximum absolute atomic E-state index is 12.4. The Kier molecular flexibility index (Phi) is 6.38. The van der Waals surface area contributed by atoms with Gasteiger partial charge >= 0.3 is 12.1 Å². The number of alkyl halides is 3. The lowest BCUT2D eigenvalue weighted by molar-refractivity contribution is -0.141. The second kappa shape index (κ2) is 8.54. The number of rotatable bonds is 8. The van der Waals surface area contributed by atoms with Gasteiger partial charge in [0.1, 0.15) is 12.6 Å². The molecule has 0 spiro atoms. The predicted molar refractivity (Wildman–Crippen MR) is 87.1 cm³/mol. The highest BCUT2D eigenvalue weighted by Gasteiger charge is 2.33. The molecular formula is C15H17F3N6O4. The molecule has 0 aliphatic carbocycles. The van der Waals surface area contributed by atoms with E-state index in [1.807, 2.05) is 0 Å². The van der Waals surface area contributed by atoms with Crippen LogP contribution in [0.1, 0.15) is 29.0 Å². The zero-order chi connectivity index (χ0) is 20.9. The fourth-order valence-corrected chi connectivity index (χ4v) is 2.12. The van der Waals surface area contributed by atoms with Crippen molar-refractivity contribution in [3.05, 3.63) is 35.9 Å². The van der Waals surface area contributed by atoms with Gasteiger partial charge in [0.2, 0.25) is 11.8 Å². The number of carbonyl (C=O) groups excluding carboxylic acids is 2. The normalized spacial score (nSPS) is 12.4. The van der Waals surface area contributed by atoms with Gasteiger partial charge in [-0.05, 0) is 13.0 Å². The second-order valence-electron chi connectivity index (χ2n) is 5.73. The third-order valence-electron chi connectivity index (χ3n) is 3.61. The van der Waals surface area contributed by atoms with E-state index in [4.69, 9.17) is 5.11 Å². The van der Waals surface area contributed by atoms with E-state index in [9.17, 15) is 27.6 Å². The van der Waals surface area contributed by atoms with Crippen LogP contribution in [-0.2, 0) is 22.3 Å². The van der Waals surface area contributed by atoms with Gasteiger partial charge in [-0.15, -0.1) is 0 Å². The third kappa shape index (κ3) is 5.56. The number of hydrogen-bond acceptors (Lipinski definition) is 5. The zero-order valence-corrected chi connectivity index (χ0v) is 14.6. The first-order chi connectivity index (χ1) is 13.1. The van der Waals surface area contributed by atoms with Crippen LogP contribution in [0.5, 0.6) is 0 Å². The number of carbonyl (C=O) groups is 3. The average molecular weight is 402 g/mol. The molecule has 2 heterocycles. The van der Waals surface area contributed by atoms with E-state index in [0.717, 1.165) is 23.1 Å². The lowest BCUT2D eigenvalue weighted by atomic mass is 10.3. The van der Waals surface area contributed by atoms with Gasteiger partial charge in [0.25, 0.3) is 0 Å². The van der Waals surface area contributed by atoms with Crippen LogP contribution in [0, 0.1) is 0 Å². The van der Waals surface area contributed by atoms with Crippen molar-refractivity contribution in [3.8, 4) is 0 Å². The molecule has 28 heavy (non-hydrogen) atoms. The van der Waals surface area contributed by atoms with E-state index >= 15 is 0 Å². The van der Waals surface area contributed by atoms with E-state index in [1.165, 1.54) is 17.8 Å². The van der Waals surface area contributed by atoms with Crippen molar-refractivity contribution in [2.24, 2.45) is 0 Å². The topological polar surface area (TPSA) is 131 Å². The van der Waals surface area contributed by atoms with Gasteiger partial charge in [0.15, 0.2) is 5.69 Å². The summed E-state index contributed by atoms with van der Waals surface area (Å²) >= 11 is 0. The highest BCUT2D eigenvalue weighted by molar-refractivity contribution is 5.87. The molecule has 3 N–H and O–H groups in total. The summed E-state index contributed by atoms with van der Waals surface area (Å²) < 4.78 is 39.4. The highest BCUT2D eigenvalue weighted by atomic mass is 19.4. The summed E-state index contributed by atoms with van der Waals surface area (Å²) in [5, 5.41) is 20.9. The van der Waals surface area contributed by atoms with E-state index in [2.05, 4.69) is 20.8 Å². The van der Waals surface area contributed by atoms with Crippen molar-refractivity contribution in [2.75, 3.05) is 13.1 Å². The lowest BCUT2D eigenvalue weighted by Crippen LogP contribution is -2.38. The molecule has 0 radical (unpaired) electrons. The number of nitrogens with one attached hydrogen (secondary N) is 2. The molecule has 2 aromatic heterocycles. The maximum Gasteiger partial charge on any atom is 0.435 e. The van der Waals surface area contributed by atoms with Crippen molar-refractivity contribution in [1.29, 1.82) is 0 Å². The van der Waals surface area contributed by atoms with Gasteiger partial charge in [-0.25, -0.2) is 4.79 Å². The zero-order valence-electron chi connectivity index (χ0n) is 14.6. The van der Waals surface area contributed by atoms with Crippen LogP contribution in [0.15, 0.2) is 24.7 Å². The molecule has 1 atom stereocenters. The van der Waals surface area contributed by atoms with Crippen LogP contribution in [0.25, 0.3) is 0 Å². The van der Waals surface area contributed by atoms with Gasteiger partial charge in [-0.3, -0.25) is 19.0 Å². The van der Waals surface area contributed by atoms with Gasteiger partial charge < -0.3 is 15.7 Å². The van der Waals surface area contributed by atoms with E-state index in [1.54, 1.807) is 0 Å². The Labute approximate surface area is 156 Å².